The Balaban J connectivity index is 2.15. The topological polar surface area (TPSA) is 60.9 Å². The molecule has 1 aromatic heterocycles. The van der Waals surface area contributed by atoms with Crippen LogP contribution in [0.2, 0.25) is 0 Å². The maximum absolute atomic E-state index is 11.6. The van der Waals surface area contributed by atoms with Gasteiger partial charge in [0.15, 0.2) is 5.78 Å². The van der Waals surface area contributed by atoms with Gasteiger partial charge in [-0.05, 0) is 31.7 Å². The van der Waals surface area contributed by atoms with Crippen LogP contribution in [-0.4, -0.2) is 21.6 Å². The molecule has 1 fully saturated rings. The molecule has 1 atom stereocenters. The highest BCUT2D eigenvalue weighted by molar-refractivity contribution is 5.98. The molecular weight excluding hydrogens is 178 g/mol. The Labute approximate surface area is 83.1 Å². The lowest BCUT2D eigenvalue weighted by Crippen LogP contribution is -2.29. The van der Waals surface area contributed by atoms with Crippen LogP contribution in [-0.2, 0) is 6.54 Å². The summed E-state index contributed by atoms with van der Waals surface area (Å²) in [6.45, 7) is 2.57. The summed E-state index contributed by atoms with van der Waals surface area (Å²) in [7, 11) is 0. The molecule has 2 rings (SSSR count). The van der Waals surface area contributed by atoms with Crippen LogP contribution >= 0.6 is 0 Å². The molecule has 1 unspecified atom stereocenters. The van der Waals surface area contributed by atoms with Crippen LogP contribution < -0.4 is 5.73 Å². The SMILES string of the molecule is CC(N)C(=O)c1ccnn1CC1CC1. The van der Waals surface area contributed by atoms with E-state index in [1.54, 1.807) is 23.9 Å². The first-order chi connectivity index (χ1) is 6.68. The van der Waals surface area contributed by atoms with Gasteiger partial charge in [-0.25, -0.2) is 0 Å². The predicted molar refractivity (Wildman–Crippen MR) is 52.9 cm³/mol. The Hall–Kier alpha value is -1.16. The quantitative estimate of drug-likeness (QED) is 0.720. The molecule has 1 aliphatic carbocycles. The minimum Gasteiger partial charge on any atom is -0.321 e. The normalized spacial score (nSPS) is 18.1. The molecule has 0 aromatic carbocycles. The third kappa shape index (κ3) is 1.85. The summed E-state index contributed by atoms with van der Waals surface area (Å²) < 4.78 is 1.78. The summed E-state index contributed by atoms with van der Waals surface area (Å²) in [4.78, 5) is 11.6. The van der Waals surface area contributed by atoms with E-state index in [0.29, 0.717) is 5.69 Å². The molecule has 0 radical (unpaired) electrons. The zero-order valence-electron chi connectivity index (χ0n) is 8.31. The van der Waals surface area contributed by atoms with Crippen LogP contribution in [0.5, 0.6) is 0 Å². The number of carbonyl (C=O) groups is 1. The third-order valence-electron chi connectivity index (χ3n) is 2.51. The number of nitrogens with two attached hydrogens (primary N) is 1. The highest BCUT2D eigenvalue weighted by Gasteiger charge is 2.24. The highest BCUT2D eigenvalue weighted by Crippen LogP contribution is 2.30. The zero-order valence-corrected chi connectivity index (χ0v) is 8.31. The summed E-state index contributed by atoms with van der Waals surface area (Å²) in [5.41, 5.74) is 6.20. The number of aromatic nitrogens is 2. The Kier molecular flexibility index (Phi) is 2.37. The molecule has 4 nitrogen and oxygen atoms in total. The fourth-order valence-electron chi connectivity index (χ4n) is 1.47. The first kappa shape index (κ1) is 9.40. The summed E-state index contributed by atoms with van der Waals surface area (Å²) in [5.74, 6) is 0.692. The van der Waals surface area contributed by atoms with E-state index in [0.717, 1.165) is 12.5 Å². The molecule has 2 N–H and O–H groups in total. The summed E-state index contributed by atoms with van der Waals surface area (Å²) in [5, 5.41) is 4.14. The van der Waals surface area contributed by atoms with Crippen LogP contribution in [0.3, 0.4) is 0 Å². The van der Waals surface area contributed by atoms with E-state index in [1.165, 1.54) is 12.8 Å². The zero-order chi connectivity index (χ0) is 10.1. The molecule has 14 heavy (non-hydrogen) atoms. The number of carbonyl (C=O) groups excluding carboxylic acids is 1. The second kappa shape index (κ2) is 3.53. The second-order valence-electron chi connectivity index (χ2n) is 3.99. The molecule has 0 aliphatic heterocycles. The Morgan fingerprint density at radius 3 is 3.07 bits per heavy atom. The third-order valence-corrected chi connectivity index (χ3v) is 2.51. The van der Waals surface area contributed by atoms with E-state index < -0.39 is 6.04 Å². The summed E-state index contributed by atoms with van der Waals surface area (Å²) in [6, 6.07) is 1.30. The summed E-state index contributed by atoms with van der Waals surface area (Å²) in [6.07, 6.45) is 4.18. The molecule has 4 heteroatoms. The monoisotopic (exact) mass is 193 g/mol. The van der Waals surface area contributed by atoms with Crippen molar-refractivity contribution in [2.24, 2.45) is 11.7 Å². The van der Waals surface area contributed by atoms with E-state index in [-0.39, 0.29) is 5.78 Å². The Morgan fingerprint density at radius 1 is 1.79 bits per heavy atom. The minimum atomic E-state index is -0.440. The van der Waals surface area contributed by atoms with Crippen molar-refractivity contribution in [1.82, 2.24) is 9.78 Å². The number of nitrogens with zero attached hydrogens (tertiary/aromatic N) is 2. The van der Waals surface area contributed by atoms with E-state index in [9.17, 15) is 4.79 Å². The predicted octanol–water partition coefficient (Wildman–Crippen LogP) is 0.823. The van der Waals surface area contributed by atoms with Crippen LogP contribution in [0.4, 0.5) is 0 Å². The fourth-order valence-corrected chi connectivity index (χ4v) is 1.47. The van der Waals surface area contributed by atoms with Gasteiger partial charge in [0.2, 0.25) is 0 Å². The van der Waals surface area contributed by atoms with Gasteiger partial charge in [0.1, 0.15) is 5.69 Å². The molecule has 0 amide bonds. The van der Waals surface area contributed by atoms with Gasteiger partial charge in [0.25, 0.3) is 0 Å². The number of ketones is 1. The van der Waals surface area contributed by atoms with E-state index in [1.807, 2.05) is 0 Å². The van der Waals surface area contributed by atoms with Crippen LogP contribution in [0.1, 0.15) is 30.3 Å². The molecular formula is C10H15N3O. The first-order valence-corrected chi connectivity index (χ1v) is 5.00. The molecule has 1 aromatic rings. The lowest BCUT2D eigenvalue weighted by atomic mass is 10.1. The average Bonchev–Trinajstić information content (AvgIpc) is 2.82. The van der Waals surface area contributed by atoms with Crippen molar-refractivity contribution in [2.45, 2.75) is 32.4 Å². The number of rotatable bonds is 4. The van der Waals surface area contributed by atoms with E-state index in [4.69, 9.17) is 5.73 Å². The smallest absolute Gasteiger partial charge is 0.197 e. The first-order valence-electron chi connectivity index (χ1n) is 5.00. The van der Waals surface area contributed by atoms with Crippen LogP contribution in [0.25, 0.3) is 0 Å². The lowest BCUT2D eigenvalue weighted by Gasteiger charge is -2.07. The second-order valence-corrected chi connectivity index (χ2v) is 3.99. The molecule has 0 saturated heterocycles. The molecule has 0 bridgehead atoms. The Morgan fingerprint density at radius 2 is 2.50 bits per heavy atom. The molecule has 0 spiro atoms. The largest absolute Gasteiger partial charge is 0.321 e. The molecule has 76 valence electrons. The van der Waals surface area contributed by atoms with Crippen molar-refractivity contribution in [3.8, 4) is 0 Å². The summed E-state index contributed by atoms with van der Waals surface area (Å²) >= 11 is 0. The van der Waals surface area contributed by atoms with Crippen LogP contribution in [0.15, 0.2) is 12.3 Å². The van der Waals surface area contributed by atoms with Crippen LogP contribution in [0, 0.1) is 5.92 Å². The fraction of sp³-hybridized carbons (Fsp3) is 0.600. The molecule has 1 heterocycles. The van der Waals surface area contributed by atoms with Gasteiger partial charge in [-0.1, -0.05) is 0 Å². The van der Waals surface area contributed by atoms with Gasteiger partial charge in [-0.3, -0.25) is 9.48 Å². The van der Waals surface area contributed by atoms with Crippen molar-refractivity contribution >= 4 is 5.78 Å². The van der Waals surface area contributed by atoms with Crippen molar-refractivity contribution in [3.05, 3.63) is 18.0 Å². The maximum Gasteiger partial charge on any atom is 0.197 e. The lowest BCUT2D eigenvalue weighted by molar-refractivity contribution is 0.0957. The standard InChI is InChI=1S/C10H15N3O/c1-7(11)10(14)9-4-5-12-13(9)6-8-2-3-8/h4-5,7-8H,2-3,6,11H2,1H3. The number of hydrogen-bond donors (Lipinski definition) is 1. The van der Waals surface area contributed by atoms with Crippen molar-refractivity contribution < 1.29 is 4.79 Å². The molecule has 1 aliphatic rings. The maximum atomic E-state index is 11.6. The van der Waals surface area contributed by atoms with Gasteiger partial charge < -0.3 is 5.73 Å². The van der Waals surface area contributed by atoms with Gasteiger partial charge in [0, 0.05) is 12.7 Å². The van der Waals surface area contributed by atoms with Gasteiger partial charge in [-0.2, -0.15) is 5.10 Å². The average molecular weight is 193 g/mol. The molecule has 1 saturated carbocycles. The van der Waals surface area contributed by atoms with E-state index >= 15 is 0 Å². The Bertz CT molecular complexity index is 339. The van der Waals surface area contributed by atoms with Gasteiger partial charge >= 0.3 is 0 Å². The number of hydrogen-bond acceptors (Lipinski definition) is 3. The van der Waals surface area contributed by atoms with Crippen molar-refractivity contribution in [2.75, 3.05) is 0 Å². The van der Waals surface area contributed by atoms with Gasteiger partial charge in [0.05, 0.1) is 6.04 Å². The number of Topliss-reactive ketones (excluding diaryl/α,β-unsaturated/α-hetero) is 1. The van der Waals surface area contributed by atoms with E-state index in [2.05, 4.69) is 5.10 Å². The minimum absolute atomic E-state index is 0.0249. The van der Waals surface area contributed by atoms with Gasteiger partial charge in [-0.15, -0.1) is 0 Å². The highest BCUT2D eigenvalue weighted by atomic mass is 16.1. The van der Waals surface area contributed by atoms with Crippen molar-refractivity contribution in [1.29, 1.82) is 0 Å². The van der Waals surface area contributed by atoms with Crippen molar-refractivity contribution in [3.63, 3.8) is 0 Å².